The van der Waals surface area contributed by atoms with Crippen LogP contribution in [0.15, 0.2) is 108 Å². The van der Waals surface area contributed by atoms with Gasteiger partial charge >= 0.3 is 0 Å². The molecule has 14 heteroatoms. The first-order valence-electron chi connectivity index (χ1n) is 13.4. The zero-order valence-electron chi connectivity index (χ0n) is 24.3. The van der Waals surface area contributed by atoms with Gasteiger partial charge in [-0.15, -0.1) is 12.4 Å². The minimum Gasteiger partial charge on any atom is -0.364 e. The number of halogens is 5. The normalized spacial score (nSPS) is 10.1. The Balaban J connectivity index is 0.000000227. The molecule has 6 aromatic rings. The molecule has 0 atom stereocenters. The Hall–Kier alpha value is -5.24. The Morgan fingerprint density at radius 3 is 1.96 bits per heavy atom. The van der Waals surface area contributed by atoms with E-state index in [9.17, 15) is 22.4 Å². The number of carbonyl (C=O) groups is 1. The maximum atomic E-state index is 14.0. The van der Waals surface area contributed by atoms with Crippen LogP contribution in [0.5, 0.6) is 0 Å². The molecule has 0 amide bonds. The average molecular weight is 654 g/mol. The highest BCUT2D eigenvalue weighted by molar-refractivity contribution is 5.91. The predicted octanol–water partition coefficient (Wildman–Crippen LogP) is 6.56. The number of hydrazine groups is 1. The van der Waals surface area contributed by atoms with Crippen molar-refractivity contribution in [3.05, 3.63) is 144 Å². The van der Waals surface area contributed by atoms with Gasteiger partial charge in [0.25, 0.3) is 0 Å². The van der Waals surface area contributed by atoms with Gasteiger partial charge in [-0.2, -0.15) is 5.10 Å². The van der Waals surface area contributed by atoms with Gasteiger partial charge in [0.1, 0.15) is 46.6 Å². The molecule has 0 bridgehead atoms. The lowest BCUT2D eigenvalue weighted by atomic mass is 10.2. The fourth-order valence-electron chi connectivity index (χ4n) is 3.86. The Morgan fingerprint density at radius 1 is 0.804 bits per heavy atom. The van der Waals surface area contributed by atoms with Gasteiger partial charge in [-0.25, -0.2) is 17.6 Å². The Labute approximate surface area is 267 Å². The maximum Gasteiger partial charge on any atom is 0.178 e. The van der Waals surface area contributed by atoms with Gasteiger partial charge < -0.3 is 4.52 Å². The van der Waals surface area contributed by atoms with E-state index in [2.05, 4.69) is 25.6 Å². The second kappa shape index (κ2) is 17.3. The molecule has 2 aromatic carbocycles. The van der Waals surface area contributed by atoms with E-state index in [1.165, 1.54) is 49.6 Å². The molecule has 3 N–H and O–H groups in total. The summed E-state index contributed by atoms with van der Waals surface area (Å²) in [4.78, 5) is 18.2. The lowest BCUT2D eigenvalue weighted by Gasteiger charge is -2.06. The number of carbonyl (C=O) groups excluding carboxylic acids is 1. The Kier molecular flexibility index (Phi) is 13.3. The minimum atomic E-state index is -0.426. The molecule has 0 saturated carbocycles. The molecule has 238 valence electrons. The fraction of sp³-hybridized carbons (Fsp3) is 0.0938. The molecular formula is C32H28ClF4N7O2. The van der Waals surface area contributed by atoms with E-state index in [4.69, 9.17) is 10.4 Å². The third kappa shape index (κ3) is 9.89. The number of pyridine rings is 2. The van der Waals surface area contributed by atoms with Gasteiger partial charge in [0.2, 0.25) is 0 Å². The number of aromatic nitrogens is 5. The van der Waals surface area contributed by atoms with Crippen molar-refractivity contribution in [3.8, 4) is 22.8 Å². The standard InChI is InChI=1S/C18H12F2N4O.C7H9FN2.C7H6FNO.ClH/c19-13-5-6-15(21-10-13)17-9-18(16-7-8-25-23-16)24(22-17)11-12-3-1-2-4-14(12)20;8-7-4-2-1-3-6(7)5-10-9;1-5(10)7-3-2-6(8)4-9-7;/h1-10H,11H2;1-4,10H,5,9H2;2-4H,1H3;1H. The maximum absolute atomic E-state index is 14.0. The molecule has 0 aliphatic rings. The summed E-state index contributed by atoms with van der Waals surface area (Å²) in [5.74, 6) is 3.47. The van der Waals surface area contributed by atoms with E-state index in [-0.39, 0.29) is 36.4 Å². The van der Waals surface area contributed by atoms with Crippen LogP contribution in [0.25, 0.3) is 22.8 Å². The van der Waals surface area contributed by atoms with Crippen molar-refractivity contribution in [2.45, 2.75) is 20.0 Å². The SMILES string of the molecule is CC(=O)c1ccc(F)cn1.Cl.Fc1ccc(-c2cc(-c3ccon3)n(Cc3ccccc3F)n2)nc1.NNCc1ccccc1F. The number of hydrogen-bond donors (Lipinski definition) is 2. The highest BCUT2D eigenvalue weighted by atomic mass is 35.5. The van der Waals surface area contributed by atoms with Gasteiger partial charge in [0, 0.05) is 30.7 Å². The molecule has 46 heavy (non-hydrogen) atoms. The first-order chi connectivity index (χ1) is 21.7. The lowest BCUT2D eigenvalue weighted by Crippen LogP contribution is -2.21. The number of nitrogens with one attached hydrogen (secondary N) is 1. The molecule has 4 aromatic heterocycles. The van der Waals surface area contributed by atoms with Gasteiger partial charge in [-0.1, -0.05) is 41.6 Å². The van der Waals surface area contributed by atoms with Crippen LogP contribution < -0.4 is 11.3 Å². The number of nitrogens with two attached hydrogens (primary N) is 1. The first-order valence-corrected chi connectivity index (χ1v) is 13.4. The summed E-state index contributed by atoms with van der Waals surface area (Å²) in [5.41, 5.74) is 6.03. The monoisotopic (exact) mass is 653 g/mol. The van der Waals surface area contributed by atoms with Crippen molar-refractivity contribution in [2.75, 3.05) is 0 Å². The van der Waals surface area contributed by atoms with Gasteiger partial charge in [0.15, 0.2) is 5.78 Å². The fourth-order valence-corrected chi connectivity index (χ4v) is 3.86. The van der Waals surface area contributed by atoms with E-state index in [0.717, 1.165) is 12.4 Å². The molecule has 0 aliphatic heterocycles. The smallest absolute Gasteiger partial charge is 0.178 e. The number of benzene rings is 2. The third-order valence-electron chi connectivity index (χ3n) is 6.09. The molecule has 0 spiro atoms. The van der Waals surface area contributed by atoms with Gasteiger partial charge in [0.05, 0.1) is 30.3 Å². The summed E-state index contributed by atoms with van der Waals surface area (Å²) < 4.78 is 58.5. The summed E-state index contributed by atoms with van der Waals surface area (Å²) >= 11 is 0. The van der Waals surface area contributed by atoms with E-state index >= 15 is 0 Å². The highest BCUT2D eigenvalue weighted by Crippen LogP contribution is 2.25. The summed E-state index contributed by atoms with van der Waals surface area (Å²) in [6.45, 7) is 1.98. The van der Waals surface area contributed by atoms with Crippen LogP contribution in [0.4, 0.5) is 17.6 Å². The van der Waals surface area contributed by atoms with E-state index < -0.39 is 11.6 Å². The quantitative estimate of drug-likeness (QED) is 0.0859. The molecule has 0 unspecified atom stereocenters. The Morgan fingerprint density at radius 2 is 1.43 bits per heavy atom. The van der Waals surface area contributed by atoms with Crippen molar-refractivity contribution >= 4 is 18.2 Å². The van der Waals surface area contributed by atoms with Crippen LogP contribution in [0.1, 0.15) is 28.5 Å². The van der Waals surface area contributed by atoms with E-state index in [1.807, 2.05) is 0 Å². The van der Waals surface area contributed by atoms with Crippen molar-refractivity contribution < 1.29 is 26.9 Å². The summed E-state index contributed by atoms with van der Waals surface area (Å²) in [6, 6.07) is 21.9. The van der Waals surface area contributed by atoms with Crippen LogP contribution >= 0.6 is 12.4 Å². The molecule has 0 aliphatic carbocycles. The zero-order chi connectivity index (χ0) is 32.2. The second-order valence-electron chi connectivity index (χ2n) is 9.30. The number of hydrogen-bond acceptors (Lipinski definition) is 8. The zero-order valence-corrected chi connectivity index (χ0v) is 25.1. The van der Waals surface area contributed by atoms with Crippen LogP contribution in [-0.2, 0) is 13.1 Å². The lowest BCUT2D eigenvalue weighted by molar-refractivity contribution is 0.101. The molecule has 0 fully saturated rings. The molecule has 0 saturated heterocycles. The first kappa shape index (κ1) is 35.2. The van der Waals surface area contributed by atoms with Gasteiger partial charge in [-0.3, -0.25) is 30.7 Å². The molecule has 6 rings (SSSR count). The number of nitrogens with zero attached hydrogens (tertiary/aromatic N) is 5. The summed E-state index contributed by atoms with van der Waals surface area (Å²) in [6.07, 6.45) is 3.60. The molecule has 4 heterocycles. The van der Waals surface area contributed by atoms with E-state index in [1.54, 1.807) is 53.2 Å². The molecule has 9 nitrogen and oxygen atoms in total. The summed E-state index contributed by atoms with van der Waals surface area (Å²) in [5, 5.41) is 8.41. The number of Topliss-reactive ketones (excluding diaryl/α,β-unsaturated/α-hetero) is 1. The largest absolute Gasteiger partial charge is 0.364 e. The topological polar surface area (TPSA) is 125 Å². The third-order valence-corrected chi connectivity index (χ3v) is 6.09. The van der Waals surface area contributed by atoms with Crippen molar-refractivity contribution in [3.63, 3.8) is 0 Å². The second-order valence-corrected chi connectivity index (χ2v) is 9.30. The van der Waals surface area contributed by atoms with Crippen LogP contribution in [0, 0.1) is 23.3 Å². The number of ketones is 1. The van der Waals surface area contributed by atoms with Crippen molar-refractivity contribution in [1.82, 2.24) is 30.3 Å². The van der Waals surface area contributed by atoms with Crippen LogP contribution in [0.2, 0.25) is 0 Å². The van der Waals surface area contributed by atoms with E-state index in [0.29, 0.717) is 46.1 Å². The molecular weight excluding hydrogens is 626 g/mol. The highest BCUT2D eigenvalue weighted by Gasteiger charge is 2.16. The number of rotatable bonds is 7. The van der Waals surface area contributed by atoms with Crippen molar-refractivity contribution in [1.29, 1.82) is 0 Å². The van der Waals surface area contributed by atoms with Crippen LogP contribution in [-0.4, -0.2) is 30.7 Å². The van der Waals surface area contributed by atoms with Gasteiger partial charge in [-0.05, 0) is 42.5 Å². The van der Waals surface area contributed by atoms with Crippen LogP contribution in [0.3, 0.4) is 0 Å². The minimum absolute atomic E-state index is 0. The molecule has 0 radical (unpaired) electrons. The Bertz CT molecular complexity index is 1820. The summed E-state index contributed by atoms with van der Waals surface area (Å²) in [7, 11) is 0. The van der Waals surface area contributed by atoms with Crippen molar-refractivity contribution in [2.24, 2.45) is 5.84 Å². The predicted molar refractivity (Wildman–Crippen MR) is 165 cm³/mol. The average Bonchev–Trinajstić information content (AvgIpc) is 3.72.